The third-order valence-electron chi connectivity index (χ3n) is 3.54. The molecule has 3 rings (SSSR count). The predicted octanol–water partition coefficient (Wildman–Crippen LogP) is 2.72. The number of nitrogens with two attached hydrogens (primary N) is 1. The van der Waals surface area contributed by atoms with E-state index in [4.69, 9.17) is 11.0 Å². The van der Waals surface area contributed by atoms with Crippen LogP contribution < -0.4 is 11.1 Å². The average molecular weight is 280 g/mol. The minimum absolute atomic E-state index is 0.161. The summed E-state index contributed by atoms with van der Waals surface area (Å²) in [6.07, 6.45) is 4.38. The third-order valence-corrected chi connectivity index (χ3v) is 3.54. The van der Waals surface area contributed by atoms with Crippen LogP contribution in [0.1, 0.15) is 34.9 Å². The summed E-state index contributed by atoms with van der Waals surface area (Å²) >= 11 is 0. The van der Waals surface area contributed by atoms with E-state index in [9.17, 15) is 4.79 Å². The van der Waals surface area contributed by atoms with Crippen molar-refractivity contribution >= 4 is 17.3 Å². The molecule has 0 spiro atoms. The van der Waals surface area contributed by atoms with Crippen LogP contribution in [0.5, 0.6) is 0 Å². The first-order chi connectivity index (χ1) is 10.2. The molecule has 1 amide bonds. The molecule has 3 N–H and O–H groups in total. The van der Waals surface area contributed by atoms with Crippen molar-refractivity contribution in [1.29, 1.82) is 5.26 Å². The van der Waals surface area contributed by atoms with Crippen molar-refractivity contribution in [3.05, 3.63) is 47.8 Å². The molecule has 2 aromatic rings. The number of carbonyl (C=O) groups is 1. The van der Waals surface area contributed by atoms with Crippen LogP contribution in [0, 0.1) is 11.3 Å². The van der Waals surface area contributed by atoms with E-state index >= 15 is 0 Å². The normalized spacial score (nSPS) is 13.7. The van der Waals surface area contributed by atoms with Gasteiger partial charge in [-0.3, -0.25) is 4.79 Å². The minimum atomic E-state index is -0.161. The van der Waals surface area contributed by atoms with E-state index < -0.39 is 0 Å². The van der Waals surface area contributed by atoms with E-state index in [1.54, 1.807) is 18.2 Å². The molecule has 1 heterocycles. The summed E-state index contributed by atoms with van der Waals surface area (Å²) in [5, 5.41) is 11.5. The monoisotopic (exact) mass is 280 g/mol. The maximum Gasteiger partial charge on any atom is 0.272 e. The van der Waals surface area contributed by atoms with Crippen molar-refractivity contribution in [2.75, 3.05) is 11.1 Å². The smallest absolute Gasteiger partial charge is 0.272 e. The van der Waals surface area contributed by atoms with Gasteiger partial charge in [-0.25, -0.2) is 0 Å². The Labute approximate surface area is 123 Å². The number of nitrogens with zero attached hydrogens (tertiary/aromatic N) is 2. The maximum absolute atomic E-state index is 12.4. The van der Waals surface area contributed by atoms with Gasteiger partial charge in [0, 0.05) is 17.9 Å². The van der Waals surface area contributed by atoms with Gasteiger partial charge in [-0.05, 0) is 36.6 Å². The van der Waals surface area contributed by atoms with E-state index in [-0.39, 0.29) is 5.91 Å². The molecule has 1 aliphatic rings. The number of benzene rings is 1. The fourth-order valence-electron chi connectivity index (χ4n) is 2.33. The lowest BCUT2D eigenvalue weighted by molar-refractivity contribution is 0.101. The maximum atomic E-state index is 12.4. The van der Waals surface area contributed by atoms with Crippen LogP contribution in [0.15, 0.2) is 36.5 Å². The van der Waals surface area contributed by atoms with Gasteiger partial charge >= 0.3 is 0 Å². The second kappa shape index (κ2) is 5.33. The molecule has 1 aliphatic carbocycles. The molecular formula is C16H16N4O. The van der Waals surface area contributed by atoms with E-state index in [1.807, 2.05) is 22.9 Å². The molecule has 1 saturated carbocycles. The Kier molecular flexibility index (Phi) is 3.36. The number of nitrogen functional groups attached to an aromatic ring is 1. The molecule has 1 fully saturated rings. The van der Waals surface area contributed by atoms with E-state index in [1.165, 1.54) is 0 Å². The first-order valence-corrected chi connectivity index (χ1v) is 6.92. The summed E-state index contributed by atoms with van der Waals surface area (Å²) in [4.78, 5) is 12.4. The highest BCUT2D eigenvalue weighted by atomic mass is 16.1. The van der Waals surface area contributed by atoms with Crippen molar-refractivity contribution in [2.24, 2.45) is 0 Å². The summed E-state index contributed by atoms with van der Waals surface area (Å²) in [7, 11) is 0. The molecule has 0 atom stereocenters. The number of rotatable bonds is 4. The topological polar surface area (TPSA) is 83.8 Å². The van der Waals surface area contributed by atoms with Gasteiger partial charge in [-0.1, -0.05) is 12.1 Å². The number of aromatic nitrogens is 1. The lowest BCUT2D eigenvalue weighted by Crippen LogP contribution is -2.16. The van der Waals surface area contributed by atoms with Crippen molar-refractivity contribution in [2.45, 2.75) is 25.3 Å². The summed E-state index contributed by atoms with van der Waals surface area (Å²) < 4.78 is 1.95. The van der Waals surface area contributed by atoms with Gasteiger partial charge < -0.3 is 15.6 Å². The lowest BCUT2D eigenvalue weighted by atomic mass is 10.1. The SMILES string of the molecule is N#CCc1ccc(NC(=O)c2cc(N)cn2C2CC2)cc1. The second-order valence-electron chi connectivity index (χ2n) is 5.28. The molecule has 0 saturated heterocycles. The second-order valence-corrected chi connectivity index (χ2v) is 5.28. The van der Waals surface area contributed by atoms with Crippen molar-refractivity contribution in [1.82, 2.24) is 4.57 Å². The highest BCUT2D eigenvalue weighted by Crippen LogP contribution is 2.37. The van der Waals surface area contributed by atoms with Gasteiger partial charge in [0.2, 0.25) is 0 Å². The lowest BCUT2D eigenvalue weighted by Gasteiger charge is -2.09. The molecule has 0 aliphatic heterocycles. The number of anilines is 2. The Balaban J connectivity index is 1.75. The standard InChI is InChI=1S/C16H16N4O/c17-8-7-11-1-3-13(4-2-11)19-16(21)15-9-12(18)10-20(15)14-5-6-14/h1-4,9-10,14H,5-7,18H2,(H,19,21). The fourth-order valence-corrected chi connectivity index (χ4v) is 2.33. The number of nitriles is 1. The number of hydrogen-bond donors (Lipinski definition) is 2. The average Bonchev–Trinajstić information content (AvgIpc) is 3.24. The Morgan fingerprint density at radius 3 is 2.71 bits per heavy atom. The first kappa shape index (κ1) is 13.3. The first-order valence-electron chi connectivity index (χ1n) is 6.92. The Hall–Kier alpha value is -2.74. The number of amides is 1. The van der Waals surface area contributed by atoms with Crippen LogP contribution in [0.3, 0.4) is 0 Å². The van der Waals surface area contributed by atoms with Crippen LogP contribution in [-0.4, -0.2) is 10.5 Å². The highest BCUT2D eigenvalue weighted by molar-refractivity contribution is 6.03. The van der Waals surface area contributed by atoms with E-state index in [0.717, 1.165) is 18.4 Å². The van der Waals surface area contributed by atoms with Gasteiger partial charge in [0.1, 0.15) is 5.69 Å². The molecule has 0 bridgehead atoms. The highest BCUT2D eigenvalue weighted by Gasteiger charge is 2.27. The quantitative estimate of drug-likeness (QED) is 0.903. The molecule has 0 unspecified atom stereocenters. The molecule has 21 heavy (non-hydrogen) atoms. The molecule has 1 aromatic heterocycles. The molecular weight excluding hydrogens is 264 g/mol. The summed E-state index contributed by atoms with van der Waals surface area (Å²) in [5.41, 5.74) is 8.64. The minimum Gasteiger partial charge on any atom is -0.397 e. The number of carbonyl (C=O) groups excluding carboxylic acids is 1. The van der Waals surface area contributed by atoms with E-state index in [0.29, 0.717) is 29.5 Å². The fraction of sp³-hybridized carbons (Fsp3) is 0.250. The Morgan fingerprint density at radius 1 is 1.38 bits per heavy atom. The van der Waals surface area contributed by atoms with Crippen molar-refractivity contribution < 1.29 is 4.79 Å². The third kappa shape index (κ3) is 2.90. The zero-order valence-corrected chi connectivity index (χ0v) is 11.5. The summed E-state index contributed by atoms with van der Waals surface area (Å²) in [5.74, 6) is -0.161. The molecule has 0 radical (unpaired) electrons. The van der Waals surface area contributed by atoms with Crippen LogP contribution in [-0.2, 0) is 6.42 Å². The summed E-state index contributed by atoms with van der Waals surface area (Å²) in [6, 6.07) is 11.5. The zero-order chi connectivity index (χ0) is 14.8. The molecule has 5 nitrogen and oxygen atoms in total. The predicted molar refractivity (Wildman–Crippen MR) is 80.8 cm³/mol. The van der Waals surface area contributed by atoms with E-state index in [2.05, 4.69) is 11.4 Å². The molecule has 5 heteroatoms. The van der Waals surface area contributed by atoms with Crippen LogP contribution in [0.4, 0.5) is 11.4 Å². The molecule has 1 aromatic carbocycles. The van der Waals surface area contributed by atoms with Gasteiger partial charge in [0.05, 0.1) is 18.2 Å². The van der Waals surface area contributed by atoms with Gasteiger partial charge in [-0.15, -0.1) is 0 Å². The number of nitrogens with one attached hydrogen (secondary N) is 1. The zero-order valence-electron chi connectivity index (χ0n) is 11.5. The van der Waals surface area contributed by atoms with Gasteiger partial charge in [0.15, 0.2) is 0 Å². The number of hydrogen-bond acceptors (Lipinski definition) is 3. The molecule has 106 valence electrons. The van der Waals surface area contributed by atoms with Crippen LogP contribution in [0.25, 0.3) is 0 Å². The van der Waals surface area contributed by atoms with Crippen molar-refractivity contribution in [3.63, 3.8) is 0 Å². The van der Waals surface area contributed by atoms with Crippen molar-refractivity contribution in [3.8, 4) is 6.07 Å². The van der Waals surface area contributed by atoms with Gasteiger partial charge in [-0.2, -0.15) is 5.26 Å². The Morgan fingerprint density at radius 2 is 2.10 bits per heavy atom. The van der Waals surface area contributed by atoms with Crippen LogP contribution in [0.2, 0.25) is 0 Å². The largest absolute Gasteiger partial charge is 0.397 e. The van der Waals surface area contributed by atoms with Gasteiger partial charge in [0.25, 0.3) is 5.91 Å². The van der Waals surface area contributed by atoms with Crippen LogP contribution >= 0.6 is 0 Å². The summed E-state index contributed by atoms with van der Waals surface area (Å²) in [6.45, 7) is 0. The Bertz CT molecular complexity index is 705.